The van der Waals surface area contributed by atoms with E-state index in [2.05, 4.69) is 16.3 Å². The van der Waals surface area contributed by atoms with Gasteiger partial charge in [-0.15, -0.1) is 5.10 Å². The van der Waals surface area contributed by atoms with E-state index in [9.17, 15) is 4.79 Å². The van der Waals surface area contributed by atoms with Crippen LogP contribution >= 0.6 is 0 Å². The highest BCUT2D eigenvalue weighted by Crippen LogP contribution is 2.31. The second-order valence-electron chi connectivity index (χ2n) is 6.54. The van der Waals surface area contributed by atoms with E-state index in [1.165, 1.54) is 0 Å². The molecule has 1 N–H and O–H groups in total. The van der Waals surface area contributed by atoms with Crippen LogP contribution in [0.3, 0.4) is 0 Å². The fraction of sp³-hybridized carbons (Fsp3) is 0.526. The van der Waals surface area contributed by atoms with Gasteiger partial charge in [0.2, 0.25) is 11.6 Å². The second-order valence-corrected chi connectivity index (χ2v) is 6.54. The number of carboxylic acids is 1. The molecule has 7 nitrogen and oxygen atoms in total. The molecular weight excluding hydrogens is 334 g/mol. The monoisotopic (exact) mass is 361 g/mol. The Labute approximate surface area is 154 Å². The van der Waals surface area contributed by atoms with E-state index in [1.807, 2.05) is 46.8 Å². The van der Waals surface area contributed by atoms with Gasteiger partial charge in [-0.2, -0.15) is 5.01 Å². The van der Waals surface area contributed by atoms with Gasteiger partial charge in [-0.1, -0.05) is 29.3 Å². The number of carboxylic acid groups (broad SMARTS) is 1. The minimum atomic E-state index is -0.892. The first-order chi connectivity index (χ1) is 12.3. The van der Waals surface area contributed by atoms with E-state index in [1.54, 1.807) is 5.01 Å². The van der Waals surface area contributed by atoms with Gasteiger partial charge in [0.25, 0.3) is 0 Å². The number of oxime groups is 1. The molecule has 7 heteroatoms. The number of aliphatic carboxylic acids is 1. The maximum Gasteiger partial charge on any atom is 0.303 e. The van der Waals surface area contributed by atoms with Gasteiger partial charge in [-0.3, -0.25) is 4.79 Å². The lowest BCUT2D eigenvalue weighted by molar-refractivity contribution is -0.136. The van der Waals surface area contributed by atoms with Crippen molar-refractivity contribution < 1.29 is 19.5 Å². The number of amidine groups is 1. The Kier molecular flexibility index (Phi) is 6.23. The minimum Gasteiger partial charge on any atom is -0.481 e. The highest BCUT2D eigenvalue weighted by atomic mass is 16.7. The van der Waals surface area contributed by atoms with Gasteiger partial charge in [0, 0.05) is 18.4 Å². The van der Waals surface area contributed by atoms with Gasteiger partial charge in [0.1, 0.15) is 0 Å². The van der Waals surface area contributed by atoms with Crippen LogP contribution in [0, 0.1) is 13.8 Å². The molecule has 2 rings (SSSR count). The normalized spacial score (nSPS) is 20.0. The molecule has 1 unspecified atom stereocenters. The van der Waals surface area contributed by atoms with Crippen LogP contribution in [0.4, 0.5) is 0 Å². The molecule has 142 valence electrons. The Morgan fingerprint density at radius 3 is 2.46 bits per heavy atom. The molecule has 1 aromatic rings. The SMILES string of the molecule is CCOC(CCC(=O)O)=NN1C(c2cc(C)cc(C)c2)=NOC1(C)CC. The topological polar surface area (TPSA) is 83.7 Å². The zero-order chi connectivity index (χ0) is 19.3. The molecule has 1 aliphatic rings. The van der Waals surface area contributed by atoms with Crippen molar-refractivity contribution in [1.82, 2.24) is 5.01 Å². The van der Waals surface area contributed by atoms with E-state index in [4.69, 9.17) is 14.7 Å². The Morgan fingerprint density at radius 2 is 1.92 bits per heavy atom. The van der Waals surface area contributed by atoms with Gasteiger partial charge < -0.3 is 14.7 Å². The molecular formula is C19H27N3O4. The third-order valence-corrected chi connectivity index (χ3v) is 4.19. The molecule has 0 aromatic heterocycles. The van der Waals surface area contributed by atoms with Crippen LogP contribution in [0.2, 0.25) is 0 Å². The van der Waals surface area contributed by atoms with Crippen molar-refractivity contribution in [2.75, 3.05) is 6.61 Å². The summed E-state index contributed by atoms with van der Waals surface area (Å²) in [6.07, 6.45) is 0.804. The molecule has 1 aromatic carbocycles. The molecule has 26 heavy (non-hydrogen) atoms. The lowest BCUT2D eigenvalue weighted by atomic mass is 10.1. The maximum absolute atomic E-state index is 10.9. The van der Waals surface area contributed by atoms with Crippen molar-refractivity contribution in [1.29, 1.82) is 0 Å². The largest absolute Gasteiger partial charge is 0.481 e. The predicted molar refractivity (Wildman–Crippen MR) is 100 cm³/mol. The molecule has 1 heterocycles. The number of nitrogens with zero attached hydrogens (tertiary/aromatic N) is 3. The number of carbonyl (C=O) groups is 1. The molecule has 0 saturated carbocycles. The van der Waals surface area contributed by atoms with Crippen molar-refractivity contribution in [2.24, 2.45) is 10.3 Å². The summed E-state index contributed by atoms with van der Waals surface area (Å²) in [7, 11) is 0. The average Bonchev–Trinajstić information content (AvgIpc) is 2.89. The number of hydrogen-bond donors (Lipinski definition) is 1. The van der Waals surface area contributed by atoms with E-state index in [0.717, 1.165) is 16.7 Å². The molecule has 0 saturated heterocycles. The Morgan fingerprint density at radius 1 is 1.27 bits per heavy atom. The first kappa shape index (κ1) is 19.8. The first-order valence-corrected chi connectivity index (χ1v) is 8.86. The molecule has 1 atom stereocenters. The minimum absolute atomic E-state index is 0.0492. The van der Waals surface area contributed by atoms with Crippen LogP contribution in [0.5, 0.6) is 0 Å². The van der Waals surface area contributed by atoms with Crippen molar-refractivity contribution in [2.45, 2.75) is 59.6 Å². The van der Waals surface area contributed by atoms with Gasteiger partial charge in [-0.25, -0.2) is 0 Å². The maximum atomic E-state index is 10.9. The van der Waals surface area contributed by atoms with Crippen molar-refractivity contribution in [3.63, 3.8) is 0 Å². The summed E-state index contributed by atoms with van der Waals surface area (Å²) in [6, 6.07) is 6.14. The number of ether oxygens (including phenoxy) is 1. The first-order valence-electron chi connectivity index (χ1n) is 8.86. The molecule has 0 bridgehead atoms. The summed E-state index contributed by atoms with van der Waals surface area (Å²) < 4.78 is 5.56. The summed E-state index contributed by atoms with van der Waals surface area (Å²) in [5.41, 5.74) is 2.39. The molecule has 0 fully saturated rings. The molecule has 1 aliphatic heterocycles. The smallest absolute Gasteiger partial charge is 0.303 e. The fourth-order valence-corrected chi connectivity index (χ4v) is 2.73. The van der Waals surface area contributed by atoms with Crippen LogP contribution in [0.1, 0.15) is 56.7 Å². The van der Waals surface area contributed by atoms with Gasteiger partial charge in [-0.05, 0) is 39.8 Å². The summed E-state index contributed by atoms with van der Waals surface area (Å²) in [5.74, 6) is 0.0577. The standard InChI is InChI=1S/C19H27N3O4/c1-6-19(5)22(20-16(25-7-2)8-9-17(23)24)18(21-26-19)15-11-13(3)10-14(4)12-15/h10-12H,6-9H2,1-5H3,(H,23,24). The van der Waals surface area contributed by atoms with Crippen molar-refractivity contribution in [3.8, 4) is 0 Å². The highest BCUT2D eigenvalue weighted by molar-refractivity contribution is 6.00. The summed E-state index contributed by atoms with van der Waals surface area (Å²) in [4.78, 5) is 16.6. The highest BCUT2D eigenvalue weighted by Gasteiger charge is 2.42. The van der Waals surface area contributed by atoms with Gasteiger partial charge in [0.05, 0.1) is 13.0 Å². The third-order valence-electron chi connectivity index (χ3n) is 4.19. The van der Waals surface area contributed by atoms with E-state index in [0.29, 0.717) is 24.8 Å². The Hall–Kier alpha value is -2.57. The van der Waals surface area contributed by atoms with E-state index >= 15 is 0 Å². The molecule has 0 radical (unpaired) electrons. The van der Waals surface area contributed by atoms with E-state index < -0.39 is 11.7 Å². The van der Waals surface area contributed by atoms with Crippen LogP contribution in [0.15, 0.2) is 28.5 Å². The number of rotatable bonds is 7. The molecule has 0 spiro atoms. The average molecular weight is 361 g/mol. The van der Waals surface area contributed by atoms with Crippen molar-refractivity contribution >= 4 is 17.7 Å². The Bertz CT molecular complexity index is 709. The predicted octanol–water partition coefficient (Wildman–Crippen LogP) is 3.64. The lowest BCUT2D eigenvalue weighted by Crippen LogP contribution is -2.43. The Balaban J connectivity index is 2.42. The van der Waals surface area contributed by atoms with E-state index in [-0.39, 0.29) is 12.8 Å². The number of aryl methyl sites for hydroxylation is 2. The summed E-state index contributed by atoms with van der Waals surface area (Å²) >= 11 is 0. The van der Waals surface area contributed by atoms with Crippen LogP contribution in [0.25, 0.3) is 0 Å². The summed E-state index contributed by atoms with van der Waals surface area (Å²) in [6.45, 7) is 10.2. The third kappa shape index (κ3) is 4.53. The fourth-order valence-electron chi connectivity index (χ4n) is 2.73. The van der Waals surface area contributed by atoms with Crippen LogP contribution in [-0.4, -0.2) is 40.1 Å². The number of hydrazone groups is 1. The molecule has 0 aliphatic carbocycles. The van der Waals surface area contributed by atoms with Crippen LogP contribution < -0.4 is 0 Å². The van der Waals surface area contributed by atoms with Crippen LogP contribution in [-0.2, 0) is 14.4 Å². The number of hydrogen-bond acceptors (Lipinski definition) is 6. The zero-order valence-electron chi connectivity index (χ0n) is 16.1. The quantitative estimate of drug-likeness (QED) is 0.592. The zero-order valence-corrected chi connectivity index (χ0v) is 16.1. The van der Waals surface area contributed by atoms with Gasteiger partial charge >= 0.3 is 5.97 Å². The second kappa shape index (κ2) is 8.21. The lowest BCUT2D eigenvalue weighted by Gasteiger charge is -2.29. The van der Waals surface area contributed by atoms with Crippen molar-refractivity contribution in [3.05, 3.63) is 34.9 Å². The number of benzene rings is 1. The van der Waals surface area contributed by atoms with Gasteiger partial charge in [0.15, 0.2) is 5.84 Å². The molecule has 0 amide bonds. The summed E-state index contributed by atoms with van der Waals surface area (Å²) in [5, 5.41) is 19.5.